The molecule has 41 heavy (non-hydrogen) atoms. The number of methoxy groups -OCH3 is 2. The van der Waals surface area contributed by atoms with Crippen LogP contribution in [0.25, 0.3) is 0 Å². The molecule has 2 aromatic carbocycles. The van der Waals surface area contributed by atoms with E-state index in [9.17, 15) is 43.2 Å². The maximum Gasteiger partial charge on any atom is 0.419 e. The van der Waals surface area contributed by atoms with Crippen LogP contribution in [0, 0.1) is 12.7 Å². The summed E-state index contributed by atoms with van der Waals surface area (Å²) in [6, 6.07) is 5.66. The van der Waals surface area contributed by atoms with Crippen molar-refractivity contribution in [2.75, 3.05) is 18.9 Å². The van der Waals surface area contributed by atoms with Gasteiger partial charge in [0.1, 0.15) is 22.1 Å². The van der Waals surface area contributed by atoms with Crippen molar-refractivity contribution >= 4 is 25.7 Å². The highest BCUT2D eigenvalue weighted by Crippen LogP contribution is 2.42. The second kappa shape index (κ2) is 10.5. The fourth-order valence-corrected chi connectivity index (χ4v) is 7.34. The van der Waals surface area contributed by atoms with E-state index < -0.39 is 98.0 Å². The second-order valence-corrected chi connectivity index (χ2v) is 12.8. The Kier molecular flexibility index (Phi) is 6.85. The molecule has 0 fully saturated rings. The topological polar surface area (TPSA) is 104 Å². The average Bonchev–Trinajstić information content (AvgIpc) is 3.27. The third-order valence-corrected chi connectivity index (χ3v) is 9.85. The van der Waals surface area contributed by atoms with Crippen molar-refractivity contribution in [3.63, 3.8) is 0 Å². The van der Waals surface area contributed by atoms with Crippen LogP contribution in [-0.2, 0) is 43.8 Å². The molecular formula is C25H24F6N2O6S2. The lowest BCUT2D eigenvalue weighted by Crippen LogP contribution is -2.45. The summed E-state index contributed by atoms with van der Waals surface area (Å²) in [5.41, 5.74) is -5.42. The minimum atomic E-state index is -5.15. The maximum absolute atomic E-state index is 14.4. The summed E-state index contributed by atoms with van der Waals surface area (Å²) in [5, 5.41) is 0. The van der Waals surface area contributed by atoms with Gasteiger partial charge in [0.2, 0.25) is 0 Å². The van der Waals surface area contributed by atoms with Gasteiger partial charge in [-0.15, -0.1) is 0 Å². The van der Waals surface area contributed by atoms with Gasteiger partial charge in [0.25, 0.3) is 26.5 Å². The molecule has 0 aliphatic heterocycles. The summed E-state index contributed by atoms with van der Waals surface area (Å²) in [4.78, 5) is -1.16. The smallest absolute Gasteiger partial charge is 0.419 e. The Bertz CT molecular complexity index is 1790. The number of ether oxygens (including phenoxy) is 2. The van der Waals surface area contributed by atoms with Crippen molar-refractivity contribution in [1.29, 1.82) is 0 Å². The number of fused-ring (bicyclic) bond motifs is 1. The van der Waals surface area contributed by atoms with Crippen LogP contribution in [0.3, 0.4) is 0 Å². The Morgan fingerprint density at radius 2 is 1.78 bits per heavy atom. The van der Waals surface area contributed by atoms with Gasteiger partial charge in [-0.05, 0) is 43.5 Å². The largest absolute Gasteiger partial charge is 0.495 e. The third-order valence-electron chi connectivity index (χ3n) is 6.72. The lowest BCUT2D eigenvalue weighted by Gasteiger charge is -2.35. The molecule has 8 nitrogen and oxygen atoms in total. The molecule has 1 N–H and O–H groups in total. The maximum atomic E-state index is 14.4. The van der Waals surface area contributed by atoms with Gasteiger partial charge in [-0.3, -0.25) is 4.72 Å². The van der Waals surface area contributed by atoms with Gasteiger partial charge >= 0.3 is 6.18 Å². The lowest BCUT2D eigenvalue weighted by atomic mass is 9.84. The van der Waals surface area contributed by atoms with Crippen molar-refractivity contribution < 1.29 is 56.8 Å². The molecule has 0 amide bonds. The number of sulfonamides is 1. The summed E-state index contributed by atoms with van der Waals surface area (Å²) >= 11 is 0. The van der Waals surface area contributed by atoms with Crippen LogP contribution < -0.4 is 9.46 Å². The highest BCUT2D eigenvalue weighted by atomic mass is 32.2. The number of aryl methyl sites for hydroxylation is 1. The van der Waals surface area contributed by atoms with Crippen LogP contribution in [0.2, 0.25) is 0 Å². The molecule has 0 spiro atoms. The van der Waals surface area contributed by atoms with Gasteiger partial charge in [-0.1, -0.05) is 17.7 Å². The molecule has 0 unspecified atom stereocenters. The molecule has 1 aliphatic rings. The Morgan fingerprint density at radius 1 is 1.12 bits per heavy atom. The van der Waals surface area contributed by atoms with E-state index in [0.29, 0.717) is 15.7 Å². The molecule has 3 aromatic rings. The summed E-state index contributed by atoms with van der Waals surface area (Å²) < 4.78 is 171. The first-order chi connectivity index (χ1) is 20.1. The first-order valence-electron chi connectivity index (χ1n) is 13.1. The van der Waals surface area contributed by atoms with Gasteiger partial charge in [-0.2, -0.15) is 13.2 Å². The van der Waals surface area contributed by atoms with Gasteiger partial charge in [-0.25, -0.2) is 34.0 Å². The van der Waals surface area contributed by atoms with Crippen LogP contribution >= 0.6 is 0 Å². The number of hydrogen-bond acceptors (Lipinski definition) is 6. The standard InChI is InChI=1S/C25H24F6N2O6S2/c1-14-4-6-15(7-5-14)41(36,37)33-13-22(16-8-9-24(39-3,23(27)28)12-20(16)33)40(34,35)32-19-11-18(26)17(25(29,30)31)10-21(19)38-2/h4-7,10-11,13,23,32H,8-9,12H2,1-3H3/t24-/m1/s1/i3D3. The molecule has 16 heteroatoms. The zero-order valence-electron chi connectivity index (χ0n) is 24.2. The van der Waals surface area contributed by atoms with E-state index in [1.54, 1.807) is 6.92 Å². The number of nitrogens with one attached hydrogen (secondary N) is 1. The Hall–Kier alpha value is -3.24. The van der Waals surface area contributed by atoms with Gasteiger partial charge in [0, 0.05) is 31.4 Å². The Labute approximate surface area is 236 Å². The Morgan fingerprint density at radius 3 is 2.34 bits per heavy atom. The zero-order valence-corrected chi connectivity index (χ0v) is 22.9. The molecule has 0 saturated carbocycles. The van der Waals surface area contributed by atoms with E-state index in [4.69, 9.17) is 13.6 Å². The third kappa shape index (κ3) is 5.51. The fourth-order valence-electron chi connectivity index (χ4n) is 4.50. The predicted molar refractivity (Wildman–Crippen MR) is 135 cm³/mol. The van der Waals surface area contributed by atoms with E-state index in [1.807, 2.05) is 4.72 Å². The number of rotatable bonds is 8. The highest BCUT2D eigenvalue weighted by Gasteiger charge is 2.47. The summed E-state index contributed by atoms with van der Waals surface area (Å²) in [5.74, 6) is -2.58. The first-order valence-corrected chi connectivity index (χ1v) is 14.5. The first kappa shape index (κ1) is 26.6. The van der Waals surface area contributed by atoms with Crippen molar-refractivity contribution in [2.24, 2.45) is 0 Å². The summed E-state index contributed by atoms with van der Waals surface area (Å²) in [6.07, 6.45) is -10.4. The zero-order chi connectivity index (χ0) is 33.0. The molecule has 1 atom stereocenters. The number of anilines is 1. The molecule has 4 rings (SSSR count). The van der Waals surface area contributed by atoms with Gasteiger partial charge < -0.3 is 9.47 Å². The van der Waals surface area contributed by atoms with Gasteiger partial charge in [0.05, 0.1) is 27.4 Å². The second-order valence-electron chi connectivity index (χ2n) is 9.31. The van der Waals surface area contributed by atoms with Crippen LogP contribution in [0.4, 0.5) is 32.0 Å². The summed E-state index contributed by atoms with van der Waals surface area (Å²) in [6.45, 7) is 1.66. The van der Waals surface area contributed by atoms with Crippen molar-refractivity contribution in [3.8, 4) is 5.75 Å². The lowest BCUT2D eigenvalue weighted by molar-refractivity contribution is -0.140. The predicted octanol–water partition coefficient (Wildman–Crippen LogP) is 5.14. The fraction of sp³-hybridized carbons (Fsp3) is 0.360. The molecule has 224 valence electrons. The minimum absolute atomic E-state index is 0.220. The van der Waals surface area contributed by atoms with Crippen molar-refractivity contribution in [2.45, 2.75) is 54.2 Å². The minimum Gasteiger partial charge on any atom is -0.495 e. The van der Waals surface area contributed by atoms with Crippen LogP contribution in [0.5, 0.6) is 5.75 Å². The molecule has 0 saturated heterocycles. The van der Waals surface area contributed by atoms with Crippen molar-refractivity contribution in [1.82, 2.24) is 3.97 Å². The molecule has 1 aliphatic carbocycles. The number of nitrogens with zero attached hydrogens (tertiary/aromatic N) is 1. The number of aromatic nitrogens is 1. The quantitative estimate of drug-likeness (QED) is 0.347. The number of hydrogen-bond donors (Lipinski definition) is 1. The normalized spacial score (nSPS) is 19.3. The van der Waals surface area contributed by atoms with E-state index in [-0.39, 0.29) is 22.6 Å². The highest BCUT2D eigenvalue weighted by molar-refractivity contribution is 7.93. The SMILES string of the molecule is [2H]C([2H])([2H])O[C@]1(C(F)F)CCc2c(S(=O)(=O)Nc3cc(F)c(C(F)(F)F)cc3OC)cn(S(=O)(=O)c3ccc(C)cc3)c2C1. The van der Waals surface area contributed by atoms with E-state index in [0.717, 1.165) is 7.11 Å². The molecule has 1 heterocycles. The van der Waals surface area contributed by atoms with Gasteiger partial charge in [0.15, 0.2) is 0 Å². The molecule has 0 bridgehead atoms. The van der Waals surface area contributed by atoms with Crippen LogP contribution in [-0.4, -0.2) is 47.0 Å². The van der Waals surface area contributed by atoms with E-state index in [1.165, 1.54) is 24.3 Å². The molecule has 1 aromatic heterocycles. The average molecular weight is 630 g/mol. The molecule has 0 radical (unpaired) electrons. The number of benzene rings is 2. The number of alkyl halides is 5. The molecular weight excluding hydrogens is 602 g/mol. The van der Waals surface area contributed by atoms with Crippen LogP contribution in [0.15, 0.2) is 52.4 Å². The monoisotopic (exact) mass is 629 g/mol. The number of halogens is 6. The summed E-state index contributed by atoms with van der Waals surface area (Å²) in [7, 11) is -12.1. The van der Waals surface area contributed by atoms with E-state index >= 15 is 0 Å². The van der Waals surface area contributed by atoms with E-state index in [2.05, 4.69) is 0 Å². The van der Waals surface area contributed by atoms with Crippen LogP contribution in [0.1, 0.15) is 32.9 Å². The van der Waals surface area contributed by atoms with Crippen molar-refractivity contribution in [3.05, 3.63) is 70.8 Å². The Balaban J connectivity index is 1.91.